The summed E-state index contributed by atoms with van der Waals surface area (Å²) in [6.07, 6.45) is 1.43. The summed E-state index contributed by atoms with van der Waals surface area (Å²) in [7, 11) is 0. The van der Waals surface area contributed by atoms with E-state index in [4.69, 9.17) is 28.0 Å². The van der Waals surface area contributed by atoms with E-state index in [2.05, 4.69) is 41.9 Å². The third kappa shape index (κ3) is 16.7. The number of aromatic amines is 1. The maximum atomic E-state index is 14.5. The van der Waals surface area contributed by atoms with Gasteiger partial charge in [-0.15, -0.1) is 0 Å². The average Bonchev–Trinajstić information content (AvgIpc) is 3.68. The molecule has 0 bridgehead atoms. The summed E-state index contributed by atoms with van der Waals surface area (Å²) in [6.45, 7) is 2.24. The quantitative estimate of drug-likeness (QED) is 0.0210. The number of para-hydroxylation sites is 1. The highest BCUT2D eigenvalue weighted by molar-refractivity contribution is 5.97. The second kappa shape index (κ2) is 25.8. The molecule has 3 rings (SSSR count). The van der Waals surface area contributed by atoms with Crippen molar-refractivity contribution in [2.24, 2.45) is 33.8 Å². The Labute approximate surface area is 369 Å². The van der Waals surface area contributed by atoms with Gasteiger partial charge in [0.15, 0.2) is 5.96 Å². The number of primary amides is 1. The van der Waals surface area contributed by atoms with E-state index in [1.165, 1.54) is 0 Å². The number of amides is 7. The molecule has 0 aliphatic carbocycles. The molecular formula is C42H60N12O10. The zero-order chi connectivity index (χ0) is 47.3. The number of nitrogens with zero attached hydrogens (tertiary/aromatic N) is 1. The SMILES string of the molecule is CC[C@H](C)[C@H](NC(=O)[C@H](CCC(N)=O)NC(=O)CNC(=O)[C@@H](N)CO)C(=O)N[C@@H](Cc1c[nH]c2ccccc12)C(=O)N[C@@H](Cc1ccccc1)C(=O)N[C@@H](CCCN=C(N)N)C(=O)O. The number of aliphatic imine (C=N–C) groups is 1. The molecular weight excluding hydrogens is 833 g/mol. The number of H-pyrrole nitrogens is 1. The Morgan fingerprint density at radius 2 is 1.34 bits per heavy atom. The lowest BCUT2D eigenvalue weighted by molar-refractivity contribution is -0.142. The third-order valence-electron chi connectivity index (χ3n) is 10.3. The summed E-state index contributed by atoms with van der Waals surface area (Å²) in [5.41, 5.74) is 23.6. The number of hydrogen-bond acceptors (Lipinski definition) is 11. The molecule has 0 unspecified atom stereocenters. The Hall–Kier alpha value is -7.07. The van der Waals surface area contributed by atoms with Crippen LogP contribution in [0.1, 0.15) is 57.1 Å². The van der Waals surface area contributed by atoms with Crippen LogP contribution in [-0.4, -0.2) is 124 Å². The summed E-state index contributed by atoms with van der Waals surface area (Å²) in [6, 6.07) is 7.83. The molecule has 22 heteroatoms. The Morgan fingerprint density at radius 1 is 0.734 bits per heavy atom. The molecule has 2 aromatic carbocycles. The van der Waals surface area contributed by atoms with Gasteiger partial charge in [-0.2, -0.15) is 0 Å². The fourth-order valence-electron chi connectivity index (χ4n) is 6.49. The maximum Gasteiger partial charge on any atom is 0.326 e. The minimum Gasteiger partial charge on any atom is -0.480 e. The number of carboxylic acid groups (broad SMARTS) is 1. The zero-order valence-electron chi connectivity index (χ0n) is 35.8. The number of nitrogens with one attached hydrogen (secondary N) is 7. The minimum absolute atomic E-state index is 0.0329. The first-order chi connectivity index (χ1) is 30.4. The third-order valence-corrected chi connectivity index (χ3v) is 10.3. The van der Waals surface area contributed by atoms with Gasteiger partial charge in [-0.25, -0.2) is 4.79 Å². The minimum atomic E-state index is -1.41. The van der Waals surface area contributed by atoms with E-state index in [9.17, 15) is 43.5 Å². The molecule has 0 spiro atoms. The molecule has 0 radical (unpaired) electrons. The first-order valence-corrected chi connectivity index (χ1v) is 20.7. The summed E-state index contributed by atoms with van der Waals surface area (Å²) in [4.78, 5) is 112. The normalized spacial score (nSPS) is 14.2. The number of aromatic nitrogens is 1. The summed E-state index contributed by atoms with van der Waals surface area (Å²) in [5.74, 6) is -7.82. The highest BCUT2D eigenvalue weighted by atomic mass is 16.4. The van der Waals surface area contributed by atoms with Gasteiger partial charge in [0.1, 0.15) is 36.3 Å². The van der Waals surface area contributed by atoms with Crippen LogP contribution in [0.25, 0.3) is 10.9 Å². The number of fused-ring (bicyclic) bond motifs is 1. The second-order valence-corrected chi connectivity index (χ2v) is 15.2. The van der Waals surface area contributed by atoms with E-state index in [1.807, 2.05) is 18.2 Å². The van der Waals surface area contributed by atoms with Crippen LogP contribution in [-0.2, 0) is 51.2 Å². The Morgan fingerprint density at radius 3 is 1.97 bits per heavy atom. The van der Waals surface area contributed by atoms with E-state index in [-0.39, 0.29) is 51.0 Å². The van der Waals surface area contributed by atoms with E-state index >= 15 is 0 Å². The fourth-order valence-corrected chi connectivity index (χ4v) is 6.49. The lowest BCUT2D eigenvalue weighted by Gasteiger charge is -2.29. The van der Waals surface area contributed by atoms with Crippen LogP contribution in [0.15, 0.2) is 65.8 Å². The van der Waals surface area contributed by atoms with Crippen molar-refractivity contribution < 1.29 is 48.6 Å². The molecule has 0 aliphatic heterocycles. The molecule has 7 atom stereocenters. The molecule has 0 aliphatic rings. The van der Waals surface area contributed by atoms with Crippen molar-refractivity contribution in [3.63, 3.8) is 0 Å². The van der Waals surface area contributed by atoms with Crippen molar-refractivity contribution in [2.45, 2.75) is 95.0 Å². The largest absolute Gasteiger partial charge is 0.480 e. The average molecular weight is 893 g/mol. The highest BCUT2D eigenvalue weighted by Gasteiger charge is 2.35. The number of carboxylic acids is 1. The standard InChI is InChI=1S/C42H60N12O10/c1-3-23(2)35(54-37(59)29(15-16-33(44)56)50-34(57)21-49-36(58)27(43)22-55)40(62)53-32(19-25-20-48-28-13-8-7-12-26(25)28)39(61)52-31(18-24-10-5-4-6-11-24)38(60)51-30(41(63)64)14-9-17-47-42(45)46/h4-8,10-13,20,23,27,29-32,35,48,55H,3,9,14-19,21-22,43H2,1-2H3,(H2,44,56)(H,49,58)(H,50,57)(H,51,60)(H,52,61)(H,53,62)(H,54,59)(H,63,64)(H4,45,46,47)/t23-,27-,29-,30-,31-,32-,35-/m0/s1. The van der Waals surface area contributed by atoms with Crippen LogP contribution in [0, 0.1) is 5.92 Å². The molecule has 7 amide bonds. The van der Waals surface area contributed by atoms with Gasteiger partial charge in [0.2, 0.25) is 41.4 Å². The molecule has 22 nitrogen and oxygen atoms in total. The predicted molar refractivity (Wildman–Crippen MR) is 235 cm³/mol. The smallest absolute Gasteiger partial charge is 0.326 e. The van der Waals surface area contributed by atoms with E-state index in [0.29, 0.717) is 17.5 Å². The first kappa shape index (κ1) is 51.3. The molecule has 348 valence electrons. The summed E-state index contributed by atoms with van der Waals surface area (Å²) in [5, 5.41) is 35.1. The van der Waals surface area contributed by atoms with Crippen LogP contribution >= 0.6 is 0 Å². The van der Waals surface area contributed by atoms with Gasteiger partial charge < -0.3 is 70.0 Å². The number of guanidine groups is 1. The molecule has 3 aromatic rings. The van der Waals surface area contributed by atoms with Crippen molar-refractivity contribution in [1.29, 1.82) is 0 Å². The van der Waals surface area contributed by atoms with Crippen LogP contribution in [0.3, 0.4) is 0 Å². The van der Waals surface area contributed by atoms with Gasteiger partial charge >= 0.3 is 5.97 Å². The van der Waals surface area contributed by atoms with E-state index in [0.717, 1.165) is 10.9 Å². The van der Waals surface area contributed by atoms with Crippen molar-refractivity contribution in [3.05, 3.63) is 71.9 Å². The lowest BCUT2D eigenvalue weighted by atomic mass is 9.96. The monoisotopic (exact) mass is 892 g/mol. The Balaban J connectivity index is 1.95. The second-order valence-electron chi connectivity index (χ2n) is 15.2. The maximum absolute atomic E-state index is 14.5. The number of aliphatic hydroxyl groups is 1. The van der Waals surface area contributed by atoms with E-state index in [1.54, 1.807) is 56.4 Å². The van der Waals surface area contributed by atoms with Crippen molar-refractivity contribution in [1.82, 2.24) is 36.9 Å². The van der Waals surface area contributed by atoms with Gasteiger partial charge in [-0.3, -0.25) is 38.6 Å². The number of benzene rings is 2. The van der Waals surface area contributed by atoms with Crippen molar-refractivity contribution in [2.75, 3.05) is 19.7 Å². The van der Waals surface area contributed by atoms with Crippen LogP contribution in [0.4, 0.5) is 0 Å². The number of nitrogens with two attached hydrogens (primary N) is 4. The molecule has 64 heavy (non-hydrogen) atoms. The van der Waals surface area contributed by atoms with Gasteiger partial charge in [-0.05, 0) is 42.4 Å². The van der Waals surface area contributed by atoms with E-state index < -0.39 is 103 Å². The predicted octanol–water partition coefficient (Wildman–Crippen LogP) is -2.74. The van der Waals surface area contributed by atoms with Gasteiger partial charge in [0.05, 0.1) is 13.2 Å². The lowest BCUT2D eigenvalue weighted by Crippen LogP contribution is -2.61. The van der Waals surface area contributed by atoms with Crippen molar-refractivity contribution >= 4 is 64.2 Å². The van der Waals surface area contributed by atoms with Crippen LogP contribution in [0.5, 0.6) is 0 Å². The summed E-state index contributed by atoms with van der Waals surface area (Å²) >= 11 is 0. The Kier molecular flexibility index (Phi) is 20.6. The molecule has 0 saturated heterocycles. The number of carbonyl (C=O) groups excluding carboxylic acids is 7. The fraction of sp³-hybridized carbons (Fsp3) is 0.452. The molecule has 0 saturated carbocycles. The first-order valence-electron chi connectivity index (χ1n) is 20.7. The Bertz CT molecular complexity index is 2110. The highest BCUT2D eigenvalue weighted by Crippen LogP contribution is 2.20. The number of carbonyl (C=O) groups is 8. The zero-order valence-corrected chi connectivity index (χ0v) is 35.8. The van der Waals surface area contributed by atoms with Gasteiger partial charge in [0.25, 0.3) is 0 Å². The number of hydrogen-bond donors (Lipinski definition) is 13. The molecule has 1 aromatic heterocycles. The van der Waals surface area contributed by atoms with Gasteiger partial charge in [0, 0.05) is 42.9 Å². The number of aliphatic carboxylic acids is 1. The van der Waals surface area contributed by atoms with Gasteiger partial charge in [-0.1, -0.05) is 68.8 Å². The summed E-state index contributed by atoms with van der Waals surface area (Å²) < 4.78 is 0. The topological polar surface area (TPSA) is 381 Å². The van der Waals surface area contributed by atoms with Crippen LogP contribution in [0.2, 0.25) is 0 Å². The molecule has 17 N–H and O–H groups in total. The number of aliphatic hydroxyl groups excluding tert-OH is 1. The molecule has 1 heterocycles. The molecule has 0 fully saturated rings. The number of rotatable bonds is 27. The van der Waals surface area contributed by atoms with Crippen molar-refractivity contribution in [3.8, 4) is 0 Å². The van der Waals surface area contributed by atoms with Crippen LogP contribution < -0.4 is 54.8 Å².